The van der Waals surface area contributed by atoms with Gasteiger partial charge in [-0.1, -0.05) is 13.8 Å². The zero-order chi connectivity index (χ0) is 15.7. The number of hydrogen-bond acceptors (Lipinski definition) is 2. The normalized spacial score (nSPS) is 51.0. The number of allylic oxidation sites excluding steroid dienone is 2. The molecule has 0 N–H and O–H groups in total. The summed E-state index contributed by atoms with van der Waals surface area (Å²) in [6.45, 7) is 5.70. The lowest BCUT2D eigenvalue weighted by Crippen LogP contribution is -2.56. The van der Waals surface area contributed by atoms with Crippen molar-refractivity contribution in [2.45, 2.75) is 58.5 Å². The summed E-state index contributed by atoms with van der Waals surface area (Å²) in [5.41, 5.74) is 1.59. The molecule has 0 bridgehead atoms. The van der Waals surface area contributed by atoms with Crippen LogP contribution in [0.4, 0.5) is 4.39 Å². The predicted molar refractivity (Wildman–Crippen MR) is 85.0 cm³/mol. The summed E-state index contributed by atoms with van der Waals surface area (Å²) in [5, 5.41) is 0. The van der Waals surface area contributed by atoms with E-state index in [2.05, 4.69) is 25.8 Å². The Morgan fingerprint density at radius 3 is 2.82 bits per heavy atom. The zero-order valence-corrected chi connectivity index (χ0v) is 14.1. The molecule has 22 heavy (non-hydrogen) atoms. The molecule has 0 amide bonds. The number of nitrogens with zero attached hydrogens (tertiary/aromatic N) is 1. The average molecular weight is 305 g/mol. The van der Waals surface area contributed by atoms with Gasteiger partial charge in [-0.25, -0.2) is 4.39 Å². The Hall–Kier alpha value is -0.860. The molecule has 2 nitrogen and oxygen atoms in total. The predicted octanol–water partition coefficient (Wildman–Crippen LogP) is 3.97. The summed E-state index contributed by atoms with van der Waals surface area (Å²) < 4.78 is 14.1. The van der Waals surface area contributed by atoms with Crippen molar-refractivity contribution >= 4 is 5.78 Å². The van der Waals surface area contributed by atoms with E-state index in [0.29, 0.717) is 24.2 Å². The number of halogens is 1. The van der Waals surface area contributed by atoms with E-state index in [1.165, 1.54) is 18.5 Å². The fourth-order valence-corrected chi connectivity index (χ4v) is 6.54. The minimum atomic E-state index is -0.600. The lowest BCUT2D eigenvalue weighted by Gasteiger charge is -2.59. The largest absolute Gasteiger partial charge is 0.377 e. The SMILES string of the molecule is CN1C[C@@H]2[C@@H](CC[C@]3(C)CC(F)C[C@@H]23)[C@@]2(C)CCC(=O)C=C12. The van der Waals surface area contributed by atoms with Crippen molar-refractivity contribution in [1.29, 1.82) is 0 Å². The number of likely N-dealkylation sites (tertiary alicyclic amines) is 1. The first kappa shape index (κ1) is 14.7. The first-order valence-corrected chi connectivity index (χ1v) is 8.94. The van der Waals surface area contributed by atoms with E-state index >= 15 is 0 Å². The highest BCUT2D eigenvalue weighted by Crippen LogP contribution is 2.64. The number of hydrogen-bond donors (Lipinski definition) is 0. The quantitative estimate of drug-likeness (QED) is 0.675. The minimum Gasteiger partial charge on any atom is -0.377 e. The number of piperidine rings is 1. The van der Waals surface area contributed by atoms with E-state index in [9.17, 15) is 9.18 Å². The second-order valence-corrected chi connectivity index (χ2v) is 8.90. The van der Waals surface area contributed by atoms with Crippen LogP contribution in [0.5, 0.6) is 0 Å². The fraction of sp³-hybridized carbons (Fsp3) is 0.842. The fourth-order valence-electron chi connectivity index (χ4n) is 6.54. The lowest BCUT2D eigenvalue weighted by atomic mass is 9.50. The molecule has 6 atom stereocenters. The molecule has 3 aliphatic carbocycles. The van der Waals surface area contributed by atoms with E-state index < -0.39 is 6.17 Å². The van der Waals surface area contributed by atoms with E-state index in [1.807, 2.05) is 6.08 Å². The Labute approximate surface area is 133 Å². The summed E-state index contributed by atoms with van der Waals surface area (Å²) in [5.74, 6) is 2.04. The summed E-state index contributed by atoms with van der Waals surface area (Å²) in [7, 11) is 2.13. The summed E-state index contributed by atoms with van der Waals surface area (Å²) in [6, 6.07) is 0. The maximum Gasteiger partial charge on any atom is 0.157 e. The first-order chi connectivity index (χ1) is 10.3. The van der Waals surface area contributed by atoms with Crippen LogP contribution in [0.1, 0.15) is 52.4 Å². The molecule has 1 aliphatic heterocycles. The number of carbonyl (C=O) groups excluding carboxylic acids is 1. The van der Waals surface area contributed by atoms with Gasteiger partial charge in [0.25, 0.3) is 0 Å². The first-order valence-electron chi connectivity index (χ1n) is 8.94. The minimum absolute atomic E-state index is 0.126. The van der Waals surface area contributed by atoms with E-state index in [4.69, 9.17) is 0 Å². The summed E-state index contributed by atoms with van der Waals surface area (Å²) in [4.78, 5) is 14.2. The van der Waals surface area contributed by atoms with Crippen LogP contribution in [0.15, 0.2) is 11.8 Å². The van der Waals surface area contributed by atoms with Gasteiger partial charge in [0.2, 0.25) is 0 Å². The van der Waals surface area contributed by atoms with Crippen LogP contribution in [-0.4, -0.2) is 30.4 Å². The molecule has 0 aromatic carbocycles. The van der Waals surface area contributed by atoms with Crippen LogP contribution in [-0.2, 0) is 4.79 Å². The molecule has 1 unspecified atom stereocenters. The van der Waals surface area contributed by atoms with Crippen molar-refractivity contribution in [3.05, 3.63) is 11.8 Å². The van der Waals surface area contributed by atoms with E-state index in [-0.39, 0.29) is 16.6 Å². The molecule has 1 saturated heterocycles. The van der Waals surface area contributed by atoms with E-state index in [1.54, 1.807) is 0 Å². The highest BCUT2D eigenvalue weighted by Gasteiger charge is 2.59. The Kier molecular flexibility index (Phi) is 3.06. The van der Waals surface area contributed by atoms with Crippen molar-refractivity contribution < 1.29 is 9.18 Å². The maximum atomic E-state index is 14.1. The standard InChI is InChI=1S/C19H28FNO/c1-18-6-5-15-14(16(18)8-12(20)10-18)11-21(3)17-9-13(22)4-7-19(15,17)2/h9,12,14-16H,4-8,10-11H2,1-3H3/t12?,14-,15-,16+,18-,19-/m1/s1. The van der Waals surface area contributed by atoms with Gasteiger partial charge in [-0.05, 0) is 55.3 Å². The van der Waals surface area contributed by atoms with Gasteiger partial charge in [-0.2, -0.15) is 0 Å². The van der Waals surface area contributed by atoms with Gasteiger partial charge >= 0.3 is 0 Å². The number of rotatable bonds is 0. The molecule has 0 aromatic rings. The molecule has 3 heteroatoms. The van der Waals surface area contributed by atoms with Crippen LogP contribution < -0.4 is 0 Å². The number of ketones is 1. The smallest absolute Gasteiger partial charge is 0.157 e. The van der Waals surface area contributed by atoms with E-state index in [0.717, 1.165) is 25.8 Å². The number of fused-ring (bicyclic) bond motifs is 5. The Balaban J connectivity index is 1.72. The molecule has 4 rings (SSSR count). The number of alkyl halides is 1. The summed E-state index contributed by atoms with van der Waals surface area (Å²) >= 11 is 0. The van der Waals surface area contributed by atoms with Crippen molar-refractivity contribution in [3.63, 3.8) is 0 Å². The van der Waals surface area contributed by atoms with Gasteiger partial charge in [-0.15, -0.1) is 0 Å². The maximum absolute atomic E-state index is 14.1. The monoisotopic (exact) mass is 305 g/mol. The molecule has 0 radical (unpaired) electrons. The Morgan fingerprint density at radius 1 is 1.27 bits per heavy atom. The average Bonchev–Trinajstić information content (AvgIpc) is 2.76. The Morgan fingerprint density at radius 2 is 2.05 bits per heavy atom. The third kappa shape index (κ3) is 1.86. The van der Waals surface area contributed by atoms with Crippen molar-refractivity contribution in [1.82, 2.24) is 4.90 Å². The molecule has 1 heterocycles. The highest BCUT2D eigenvalue weighted by atomic mass is 19.1. The zero-order valence-electron chi connectivity index (χ0n) is 14.1. The lowest BCUT2D eigenvalue weighted by molar-refractivity contribution is -0.118. The van der Waals surface area contributed by atoms with Crippen molar-refractivity contribution in [2.75, 3.05) is 13.6 Å². The van der Waals surface area contributed by atoms with Gasteiger partial charge in [0.1, 0.15) is 6.17 Å². The van der Waals surface area contributed by atoms with Crippen LogP contribution in [0, 0.1) is 28.6 Å². The molecular weight excluding hydrogens is 277 g/mol. The van der Waals surface area contributed by atoms with Gasteiger partial charge in [0.15, 0.2) is 5.78 Å². The van der Waals surface area contributed by atoms with Crippen LogP contribution in [0.3, 0.4) is 0 Å². The molecule has 2 saturated carbocycles. The van der Waals surface area contributed by atoms with Gasteiger partial charge in [0.05, 0.1) is 0 Å². The van der Waals surface area contributed by atoms with Gasteiger partial charge in [0, 0.05) is 37.2 Å². The molecular formula is C19H28FNO. The molecule has 3 fully saturated rings. The molecule has 0 spiro atoms. The topological polar surface area (TPSA) is 20.3 Å². The van der Waals surface area contributed by atoms with Gasteiger partial charge < -0.3 is 4.90 Å². The van der Waals surface area contributed by atoms with Gasteiger partial charge in [-0.3, -0.25) is 4.79 Å². The number of carbonyl (C=O) groups is 1. The second kappa shape index (κ2) is 4.58. The molecule has 122 valence electrons. The highest BCUT2D eigenvalue weighted by molar-refractivity contribution is 5.91. The third-order valence-electron chi connectivity index (χ3n) is 7.64. The van der Waals surface area contributed by atoms with Crippen LogP contribution >= 0.6 is 0 Å². The summed E-state index contributed by atoms with van der Waals surface area (Å²) in [6.07, 6.45) is 6.87. The van der Waals surface area contributed by atoms with Crippen molar-refractivity contribution in [2.24, 2.45) is 28.6 Å². The van der Waals surface area contributed by atoms with Crippen LogP contribution in [0.2, 0.25) is 0 Å². The third-order valence-corrected chi connectivity index (χ3v) is 7.64. The van der Waals surface area contributed by atoms with Crippen molar-refractivity contribution in [3.8, 4) is 0 Å². The molecule has 0 aromatic heterocycles. The molecule has 4 aliphatic rings. The van der Waals surface area contributed by atoms with Crippen LogP contribution in [0.25, 0.3) is 0 Å². The second-order valence-electron chi connectivity index (χ2n) is 8.90. The Bertz CT molecular complexity index is 544.